The van der Waals surface area contributed by atoms with Crippen molar-refractivity contribution in [2.75, 3.05) is 0 Å². The van der Waals surface area contributed by atoms with E-state index in [-0.39, 0.29) is 36.2 Å². The molecule has 3 aliphatic rings. The quantitative estimate of drug-likeness (QED) is 0.698. The third kappa shape index (κ3) is 3.97. The van der Waals surface area contributed by atoms with E-state index < -0.39 is 5.97 Å². The molecule has 166 valence electrons. The first-order chi connectivity index (χ1) is 14.9. The van der Waals surface area contributed by atoms with Gasteiger partial charge in [-0.05, 0) is 86.3 Å². The molecule has 5 rings (SSSR count). The number of piperidine rings is 1. The van der Waals surface area contributed by atoms with Crippen molar-refractivity contribution in [2.45, 2.75) is 89.1 Å². The number of carboxylic acid groups (broad SMARTS) is 1. The number of carboxylic acids is 1. The van der Waals surface area contributed by atoms with Gasteiger partial charge in [0.1, 0.15) is 5.65 Å². The Morgan fingerprint density at radius 3 is 2.81 bits per heavy atom. The van der Waals surface area contributed by atoms with Crippen LogP contribution in [0.3, 0.4) is 0 Å². The molecular formula is C25H33N3O3. The van der Waals surface area contributed by atoms with Gasteiger partial charge in [0.25, 0.3) is 0 Å². The number of carbonyl (C=O) groups excluding carboxylic acids is 1. The van der Waals surface area contributed by atoms with Crippen molar-refractivity contribution in [3.8, 4) is 0 Å². The largest absolute Gasteiger partial charge is 0.481 e. The van der Waals surface area contributed by atoms with E-state index in [1.54, 1.807) is 0 Å². The number of pyridine rings is 1. The van der Waals surface area contributed by atoms with Crippen molar-refractivity contribution in [3.05, 3.63) is 29.6 Å². The normalized spacial score (nSPS) is 29.2. The van der Waals surface area contributed by atoms with Crippen molar-refractivity contribution < 1.29 is 14.7 Å². The maximum absolute atomic E-state index is 13.5. The maximum atomic E-state index is 13.5. The minimum Gasteiger partial charge on any atom is -0.481 e. The number of amides is 1. The van der Waals surface area contributed by atoms with Crippen LogP contribution >= 0.6 is 0 Å². The molecule has 0 radical (unpaired) electrons. The Labute approximate surface area is 183 Å². The molecule has 1 amide bonds. The zero-order chi connectivity index (χ0) is 21.7. The highest BCUT2D eigenvalue weighted by Gasteiger charge is 2.42. The van der Waals surface area contributed by atoms with Gasteiger partial charge in [0.05, 0.1) is 0 Å². The molecule has 2 aliphatic carbocycles. The number of hydrogen-bond donors (Lipinski definition) is 2. The van der Waals surface area contributed by atoms with E-state index in [2.05, 4.69) is 34.8 Å². The van der Waals surface area contributed by atoms with Crippen molar-refractivity contribution in [1.82, 2.24) is 14.9 Å². The first kappa shape index (κ1) is 20.5. The van der Waals surface area contributed by atoms with Crippen LogP contribution in [0.1, 0.15) is 88.2 Å². The summed E-state index contributed by atoms with van der Waals surface area (Å²) in [5.41, 5.74) is 3.50. The molecule has 3 fully saturated rings. The summed E-state index contributed by atoms with van der Waals surface area (Å²) in [6.45, 7) is 4.32. The number of nitrogens with zero attached hydrogens (tertiary/aromatic N) is 2. The van der Waals surface area contributed by atoms with Gasteiger partial charge in [0, 0.05) is 42.7 Å². The number of nitrogens with one attached hydrogen (secondary N) is 1. The zero-order valence-corrected chi connectivity index (χ0v) is 18.5. The smallest absolute Gasteiger partial charge is 0.303 e. The summed E-state index contributed by atoms with van der Waals surface area (Å²) in [7, 11) is 0. The number of aliphatic carboxylic acids is 1. The fraction of sp³-hybridized carbons (Fsp3) is 0.640. The highest BCUT2D eigenvalue weighted by Crippen LogP contribution is 2.45. The molecule has 2 N–H and O–H groups in total. The lowest BCUT2D eigenvalue weighted by Gasteiger charge is -2.49. The number of hydrogen-bond acceptors (Lipinski definition) is 3. The molecule has 31 heavy (non-hydrogen) atoms. The number of rotatable bonds is 6. The average Bonchev–Trinajstić information content (AvgIpc) is 3.44. The lowest BCUT2D eigenvalue weighted by molar-refractivity contribution is -0.143. The van der Waals surface area contributed by atoms with E-state index in [0.29, 0.717) is 18.3 Å². The Bertz CT molecular complexity index is 993. The molecule has 6 nitrogen and oxygen atoms in total. The highest BCUT2D eigenvalue weighted by molar-refractivity contribution is 5.86. The first-order valence-electron chi connectivity index (χ1n) is 11.9. The number of carbonyl (C=O) groups is 2. The zero-order valence-electron chi connectivity index (χ0n) is 18.5. The van der Waals surface area contributed by atoms with Crippen LogP contribution in [0.25, 0.3) is 11.0 Å². The van der Waals surface area contributed by atoms with Crippen molar-refractivity contribution in [3.63, 3.8) is 0 Å². The number of likely N-dealkylation sites (tertiary alicyclic amines) is 1. The lowest BCUT2D eigenvalue weighted by Crippen LogP contribution is -2.54. The van der Waals surface area contributed by atoms with Gasteiger partial charge in [-0.3, -0.25) is 9.59 Å². The predicted molar refractivity (Wildman–Crippen MR) is 119 cm³/mol. The molecule has 6 heteroatoms. The highest BCUT2D eigenvalue weighted by atomic mass is 16.4. The van der Waals surface area contributed by atoms with E-state index in [1.165, 1.54) is 29.4 Å². The second-order valence-corrected chi connectivity index (χ2v) is 10.3. The molecule has 2 aromatic rings. The third-order valence-electron chi connectivity index (χ3n) is 7.84. The molecule has 0 aromatic carbocycles. The Morgan fingerprint density at radius 2 is 2.06 bits per heavy atom. The van der Waals surface area contributed by atoms with Crippen LogP contribution < -0.4 is 0 Å². The van der Waals surface area contributed by atoms with Crippen molar-refractivity contribution in [1.29, 1.82) is 0 Å². The predicted octanol–water partition coefficient (Wildman–Crippen LogP) is 4.81. The van der Waals surface area contributed by atoms with Crippen LogP contribution in [0, 0.1) is 11.8 Å². The van der Waals surface area contributed by atoms with Gasteiger partial charge in [-0.1, -0.05) is 6.92 Å². The molecule has 3 heterocycles. The van der Waals surface area contributed by atoms with Crippen LogP contribution in [0.15, 0.2) is 18.5 Å². The van der Waals surface area contributed by atoms with Crippen molar-refractivity contribution in [2.24, 2.45) is 11.8 Å². The van der Waals surface area contributed by atoms with Gasteiger partial charge in [0.15, 0.2) is 0 Å². The number of fused-ring (bicyclic) bond motifs is 3. The Balaban J connectivity index is 1.34. The van der Waals surface area contributed by atoms with E-state index >= 15 is 0 Å². The molecule has 1 aliphatic heterocycles. The number of aromatic amines is 1. The molecule has 2 saturated carbocycles. The van der Waals surface area contributed by atoms with Gasteiger partial charge in [-0.2, -0.15) is 0 Å². The summed E-state index contributed by atoms with van der Waals surface area (Å²) < 4.78 is 0. The van der Waals surface area contributed by atoms with Crippen LogP contribution in [0.2, 0.25) is 0 Å². The van der Waals surface area contributed by atoms with Crippen LogP contribution in [-0.4, -0.2) is 43.9 Å². The minimum atomic E-state index is -0.719. The number of aromatic nitrogens is 2. The summed E-state index contributed by atoms with van der Waals surface area (Å²) in [5, 5.41) is 10.5. The lowest BCUT2D eigenvalue weighted by atomic mass is 9.71. The van der Waals surface area contributed by atoms with Crippen LogP contribution in [-0.2, 0) is 9.59 Å². The van der Waals surface area contributed by atoms with Gasteiger partial charge in [-0.15, -0.1) is 0 Å². The van der Waals surface area contributed by atoms with E-state index in [9.17, 15) is 14.7 Å². The maximum Gasteiger partial charge on any atom is 0.303 e. The molecule has 2 bridgehead atoms. The summed E-state index contributed by atoms with van der Waals surface area (Å²) in [6, 6.07) is 2.57. The standard InChI is InChI=1S/C25H33N3O3/c1-14(21-13-27-25-24(21)20(5-6-26-25)18-3-4-18)7-22(29)28-15(2)8-16-9-17(12-23(30)31)11-19(28)10-16/h5-6,13-19H,3-4,7-12H2,1-2H3,(H,26,27)(H,30,31). The molecule has 1 saturated heterocycles. The molecule has 5 atom stereocenters. The van der Waals surface area contributed by atoms with E-state index in [4.69, 9.17) is 0 Å². The van der Waals surface area contributed by atoms with Crippen molar-refractivity contribution >= 4 is 22.9 Å². The van der Waals surface area contributed by atoms with Gasteiger partial charge in [0.2, 0.25) is 5.91 Å². The SMILES string of the molecule is CC(CC(=O)N1C(C)CC2CC(CC(=O)O)CC1C2)c1c[nH]c2nccc(C3CC3)c12. The average molecular weight is 424 g/mol. The Kier molecular flexibility index (Phi) is 5.27. The molecule has 0 spiro atoms. The van der Waals surface area contributed by atoms with E-state index in [1.807, 2.05) is 12.4 Å². The van der Waals surface area contributed by atoms with E-state index in [0.717, 1.165) is 31.3 Å². The Hall–Kier alpha value is -2.37. The second-order valence-electron chi connectivity index (χ2n) is 10.3. The minimum absolute atomic E-state index is 0.117. The van der Waals surface area contributed by atoms with Crippen LogP contribution in [0.4, 0.5) is 0 Å². The fourth-order valence-electron chi connectivity index (χ4n) is 6.48. The van der Waals surface area contributed by atoms with Gasteiger partial charge < -0.3 is 15.0 Å². The summed E-state index contributed by atoms with van der Waals surface area (Å²) in [6.07, 6.45) is 11.0. The molecule has 2 aromatic heterocycles. The Morgan fingerprint density at radius 1 is 1.26 bits per heavy atom. The fourth-order valence-corrected chi connectivity index (χ4v) is 6.48. The summed E-state index contributed by atoms with van der Waals surface area (Å²) in [5.74, 6) is 0.999. The monoisotopic (exact) mass is 423 g/mol. The second kappa shape index (κ2) is 7.95. The summed E-state index contributed by atoms with van der Waals surface area (Å²) >= 11 is 0. The topological polar surface area (TPSA) is 86.3 Å². The van der Waals surface area contributed by atoms with Gasteiger partial charge >= 0.3 is 5.97 Å². The van der Waals surface area contributed by atoms with Gasteiger partial charge in [-0.25, -0.2) is 4.98 Å². The first-order valence-corrected chi connectivity index (χ1v) is 11.9. The van der Waals surface area contributed by atoms with Crippen LogP contribution in [0.5, 0.6) is 0 Å². The summed E-state index contributed by atoms with van der Waals surface area (Å²) in [4.78, 5) is 34.7. The molecule has 5 unspecified atom stereocenters. The number of H-pyrrole nitrogens is 1. The molecular weight excluding hydrogens is 390 g/mol. The third-order valence-corrected chi connectivity index (χ3v) is 7.84.